The molecule has 1 aromatic carbocycles. The predicted octanol–water partition coefficient (Wildman–Crippen LogP) is 3.85. The van der Waals surface area contributed by atoms with E-state index in [-0.39, 0.29) is 11.4 Å². The number of sulfonamides is 1. The largest absolute Gasteiger partial charge is 0.468 e. The van der Waals surface area contributed by atoms with Crippen molar-refractivity contribution in [1.29, 1.82) is 0 Å². The molecule has 1 atom stereocenters. The summed E-state index contributed by atoms with van der Waals surface area (Å²) in [6, 6.07) is 9.48. The van der Waals surface area contributed by atoms with Crippen LogP contribution in [0.3, 0.4) is 0 Å². The third-order valence-electron chi connectivity index (χ3n) is 5.29. The third-order valence-corrected chi connectivity index (χ3v) is 7.13. The Morgan fingerprint density at radius 3 is 2.39 bits per heavy atom. The number of carbonyl (C=O) groups excluding carboxylic acids is 1. The molecule has 0 saturated heterocycles. The second-order valence-electron chi connectivity index (χ2n) is 7.56. The molecule has 0 radical (unpaired) electrons. The fourth-order valence-corrected chi connectivity index (χ4v) is 5.07. The Hall–Kier alpha value is -3.17. The van der Waals surface area contributed by atoms with Crippen molar-refractivity contribution in [3.05, 3.63) is 72.9 Å². The quantitative estimate of drug-likeness (QED) is 0.311. The van der Waals surface area contributed by atoms with Crippen LogP contribution in [0.2, 0.25) is 0 Å². The van der Waals surface area contributed by atoms with Gasteiger partial charge in [0, 0.05) is 36.9 Å². The van der Waals surface area contributed by atoms with E-state index in [0.717, 1.165) is 29.7 Å². The van der Waals surface area contributed by atoms with Gasteiger partial charge in [0.1, 0.15) is 10.9 Å². The van der Waals surface area contributed by atoms with Gasteiger partial charge in [0.15, 0.2) is 0 Å². The number of carbonyl (C=O) groups is 1. The van der Waals surface area contributed by atoms with Gasteiger partial charge < -0.3 is 4.74 Å². The summed E-state index contributed by atoms with van der Waals surface area (Å²) in [5.74, 6) is -0.574. The van der Waals surface area contributed by atoms with Crippen LogP contribution in [0.25, 0.3) is 11.3 Å². The maximum absolute atomic E-state index is 13.6. The molecule has 33 heavy (non-hydrogen) atoms. The number of aromatic nitrogens is 3. The highest BCUT2D eigenvalue weighted by Crippen LogP contribution is 2.25. The zero-order valence-electron chi connectivity index (χ0n) is 18.8. The molecule has 0 fully saturated rings. The lowest BCUT2D eigenvalue weighted by Gasteiger charge is -2.29. The average Bonchev–Trinajstić information content (AvgIpc) is 2.86. The Balaban J connectivity index is 1.96. The predicted molar refractivity (Wildman–Crippen MR) is 124 cm³/mol. The molecule has 1 unspecified atom stereocenters. The fourth-order valence-electron chi connectivity index (χ4n) is 3.51. The lowest BCUT2D eigenvalue weighted by Crippen LogP contribution is -2.45. The van der Waals surface area contributed by atoms with E-state index in [9.17, 15) is 13.2 Å². The lowest BCUT2D eigenvalue weighted by atomic mass is 10.1. The molecule has 2 aromatic heterocycles. The first-order valence-corrected chi connectivity index (χ1v) is 12.3. The highest BCUT2D eigenvalue weighted by Gasteiger charge is 2.36. The first-order chi connectivity index (χ1) is 16.0. The third kappa shape index (κ3) is 6.21. The van der Waals surface area contributed by atoms with Crippen molar-refractivity contribution < 1.29 is 17.9 Å². The van der Waals surface area contributed by atoms with Crippen LogP contribution >= 0.6 is 0 Å². The maximum Gasteiger partial charge on any atom is 0.324 e. The molecule has 8 nitrogen and oxygen atoms in total. The molecule has 0 aliphatic heterocycles. The van der Waals surface area contributed by atoms with Crippen LogP contribution in [-0.4, -0.2) is 46.8 Å². The maximum atomic E-state index is 13.6. The van der Waals surface area contributed by atoms with Gasteiger partial charge in [0.25, 0.3) is 0 Å². The molecule has 3 aromatic rings. The minimum absolute atomic E-state index is 0.0177. The van der Waals surface area contributed by atoms with Gasteiger partial charge in [-0.3, -0.25) is 19.7 Å². The Labute approximate surface area is 194 Å². The number of hydrogen-bond donors (Lipinski definition) is 0. The summed E-state index contributed by atoms with van der Waals surface area (Å²) in [4.78, 5) is 25.0. The number of hydrogen-bond acceptors (Lipinski definition) is 7. The highest BCUT2D eigenvalue weighted by molar-refractivity contribution is 7.89. The minimum Gasteiger partial charge on any atom is -0.468 e. The van der Waals surface area contributed by atoms with Crippen LogP contribution in [0.4, 0.5) is 0 Å². The lowest BCUT2D eigenvalue weighted by molar-refractivity contribution is -0.145. The second kappa shape index (κ2) is 11.6. The molecular formula is C24H28N4O4S. The van der Waals surface area contributed by atoms with Crippen LogP contribution in [-0.2, 0) is 26.1 Å². The monoisotopic (exact) mass is 468 g/mol. The summed E-state index contributed by atoms with van der Waals surface area (Å²) in [5, 5.41) is 0. The van der Waals surface area contributed by atoms with E-state index >= 15 is 0 Å². The van der Waals surface area contributed by atoms with Crippen LogP contribution in [0.5, 0.6) is 0 Å². The summed E-state index contributed by atoms with van der Waals surface area (Å²) in [5.41, 5.74) is 2.32. The Morgan fingerprint density at radius 1 is 1.03 bits per heavy atom. The molecule has 0 amide bonds. The molecule has 9 heteroatoms. The molecule has 2 heterocycles. The first-order valence-electron chi connectivity index (χ1n) is 10.8. The highest BCUT2D eigenvalue weighted by atomic mass is 32.2. The summed E-state index contributed by atoms with van der Waals surface area (Å²) in [7, 11) is -2.73. The molecule has 0 saturated carbocycles. The van der Waals surface area contributed by atoms with Crippen molar-refractivity contribution in [2.45, 2.75) is 50.1 Å². The SMILES string of the molecule is CCCCCC(C(=O)OC)N(Cc1ccc(-c2cnccn2)cc1)S(=O)(=O)c1cccnc1. The average molecular weight is 469 g/mol. The summed E-state index contributed by atoms with van der Waals surface area (Å²) < 4.78 is 33.4. The molecule has 3 rings (SSSR count). The van der Waals surface area contributed by atoms with E-state index in [1.165, 1.54) is 29.9 Å². The molecule has 0 bridgehead atoms. The van der Waals surface area contributed by atoms with Gasteiger partial charge in [0.05, 0.1) is 19.0 Å². The van der Waals surface area contributed by atoms with Crippen LogP contribution < -0.4 is 0 Å². The van der Waals surface area contributed by atoms with Gasteiger partial charge in [0.2, 0.25) is 10.0 Å². The number of methoxy groups -OCH3 is 1. The summed E-state index contributed by atoms with van der Waals surface area (Å²) in [6.45, 7) is 2.07. The van der Waals surface area contributed by atoms with E-state index in [1.54, 1.807) is 24.7 Å². The first kappa shape index (κ1) is 24.5. The van der Waals surface area contributed by atoms with Crippen LogP contribution in [0.15, 0.2) is 72.3 Å². The Morgan fingerprint density at radius 2 is 1.79 bits per heavy atom. The molecular weight excluding hydrogens is 440 g/mol. The number of esters is 1. The molecule has 0 aliphatic carbocycles. The molecule has 0 aliphatic rings. The van der Waals surface area contributed by atoms with Crippen molar-refractivity contribution in [3.8, 4) is 11.3 Å². The number of nitrogens with zero attached hydrogens (tertiary/aromatic N) is 4. The standard InChI is InChI=1S/C24H28N4O4S/c1-3-4-5-8-23(24(29)32-2)28(33(30,31)21-7-6-13-25-16-21)18-19-9-11-20(12-10-19)22-17-26-14-15-27-22/h6-7,9-17,23H,3-5,8,18H2,1-2H3. The molecule has 174 valence electrons. The van der Waals surface area contributed by atoms with Gasteiger partial charge >= 0.3 is 5.97 Å². The fraction of sp³-hybridized carbons (Fsp3) is 0.333. The van der Waals surface area contributed by atoms with E-state index in [2.05, 4.69) is 21.9 Å². The summed E-state index contributed by atoms with van der Waals surface area (Å²) >= 11 is 0. The van der Waals surface area contributed by atoms with Gasteiger partial charge in [-0.05, 0) is 24.1 Å². The number of ether oxygens (including phenoxy) is 1. The second-order valence-corrected chi connectivity index (χ2v) is 9.45. The van der Waals surface area contributed by atoms with Gasteiger partial charge in [-0.1, -0.05) is 50.5 Å². The normalized spacial score (nSPS) is 12.5. The zero-order valence-corrected chi connectivity index (χ0v) is 19.6. The van der Waals surface area contributed by atoms with E-state index in [0.29, 0.717) is 12.8 Å². The van der Waals surface area contributed by atoms with Crippen molar-refractivity contribution in [2.75, 3.05) is 7.11 Å². The Kier molecular flexibility index (Phi) is 8.62. The molecule has 0 N–H and O–H groups in total. The zero-order chi connectivity index (χ0) is 23.7. The van der Waals surface area contributed by atoms with Crippen molar-refractivity contribution in [2.24, 2.45) is 0 Å². The topological polar surface area (TPSA) is 102 Å². The van der Waals surface area contributed by atoms with Crippen LogP contribution in [0.1, 0.15) is 38.2 Å². The number of benzene rings is 1. The number of unbranched alkanes of at least 4 members (excludes halogenated alkanes) is 2. The minimum atomic E-state index is -4.01. The smallest absolute Gasteiger partial charge is 0.324 e. The van der Waals surface area contributed by atoms with Crippen molar-refractivity contribution >= 4 is 16.0 Å². The van der Waals surface area contributed by atoms with E-state index < -0.39 is 22.0 Å². The summed E-state index contributed by atoms with van der Waals surface area (Å²) in [6.07, 6.45) is 10.6. The molecule has 0 spiro atoms. The van der Waals surface area contributed by atoms with Gasteiger partial charge in [-0.15, -0.1) is 0 Å². The van der Waals surface area contributed by atoms with Crippen molar-refractivity contribution in [3.63, 3.8) is 0 Å². The Bertz CT molecular complexity index is 1120. The number of rotatable bonds is 11. The van der Waals surface area contributed by atoms with Crippen molar-refractivity contribution in [1.82, 2.24) is 19.3 Å². The van der Waals surface area contributed by atoms with Gasteiger partial charge in [-0.25, -0.2) is 8.42 Å². The van der Waals surface area contributed by atoms with E-state index in [4.69, 9.17) is 4.74 Å². The van der Waals surface area contributed by atoms with Gasteiger partial charge in [-0.2, -0.15) is 4.31 Å². The number of pyridine rings is 1. The van der Waals surface area contributed by atoms with Crippen LogP contribution in [0, 0.1) is 0 Å². The van der Waals surface area contributed by atoms with E-state index in [1.807, 2.05) is 24.3 Å².